The van der Waals surface area contributed by atoms with Crippen molar-refractivity contribution < 1.29 is 0 Å². The number of rotatable bonds is 4. The molecule has 0 fully saturated rings. The standard InChI is InChI=1S/C15H17NSi/c1-12-4-3-5-15(13(12)2)17-11-8-14-6-9-16-10-7-14/h3-7,9-10H,8,11H2,1-2H3. The number of hydrogen-bond donors (Lipinski definition) is 0. The molecule has 2 aromatic rings. The molecule has 0 saturated carbocycles. The minimum atomic E-state index is 0.905. The van der Waals surface area contributed by atoms with Gasteiger partial charge in [0.15, 0.2) is 0 Å². The van der Waals surface area contributed by atoms with Gasteiger partial charge in [-0.3, -0.25) is 4.98 Å². The lowest BCUT2D eigenvalue weighted by atomic mass is 10.1. The number of nitrogens with zero attached hydrogens (tertiary/aromatic N) is 1. The summed E-state index contributed by atoms with van der Waals surface area (Å²) in [4.78, 5) is 4.04. The maximum atomic E-state index is 4.04. The lowest BCUT2D eigenvalue weighted by molar-refractivity contribution is 1.11. The van der Waals surface area contributed by atoms with E-state index in [1.165, 1.54) is 27.9 Å². The van der Waals surface area contributed by atoms with Crippen molar-refractivity contribution in [3.8, 4) is 0 Å². The molecule has 0 amide bonds. The zero-order chi connectivity index (χ0) is 12.1. The first kappa shape index (κ1) is 12.1. The number of benzene rings is 1. The van der Waals surface area contributed by atoms with Gasteiger partial charge in [0.05, 0.1) is 9.52 Å². The Morgan fingerprint density at radius 3 is 2.59 bits per heavy atom. The molecule has 0 aliphatic heterocycles. The molecule has 2 radical (unpaired) electrons. The molecule has 1 aromatic heterocycles. The summed E-state index contributed by atoms with van der Waals surface area (Å²) in [6.07, 6.45) is 4.89. The molecule has 0 saturated heterocycles. The molecule has 2 heteroatoms. The van der Waals surface area contributed by atoms with Crippen LogP contribution in [0.4, 0.5) is 0 Å². The first-order valence-corrected chi connectivity index (χ1v) is 7.17. The second-order valence-corrected chi connectivity index (χ2v) is 5.67. The Bertz CT molecular complexity index is 480. The zero-order valence-corrected chi connectivity index (χ0v) is 11.4. The molecule has 0 atom stereocenters. The van der Waals surface area contributed by atoms with Crippen molar-refractivity contribution in [3.63, 3.8) is 0 Å². The Labute approximate surface area is 106 Å². The fourth-order valence-electron chi connectivity index (χ4n) is 1.83. The lowest BCUT2D eigenvalue weighted by Gasteiger charge is -2.07. The molecule has 0 bridgehead atoms. The van der Waals surface area contributed by atoms with Crippen molar-refractivity contribution in [1.29, 1.82) is 0 Å². The average Bonchev–Trinajstić information content (AvgIpc) is 2.36. The molecule has 0 aliphatic rings. The highest BCUT2D eigenvalue weighted by Gasteiger charge is 2.01. The summed E-state index contributed by atoms with van der Waals surface area (Å²) in [5.74, 6) is 0. The quantitative estimate of drug-likeness (QED) is 0.748. The van der Waals surface area contributed by atoms with E-state index in [0.717, 1.165) is 15.9 Å². The van der Waals surface area contributed by atoms with Crippen LogP contribution in [0.3, 0.4) is 0 Å². The molecule has 2 rings (SSSR count). The summed E-state index contributed by atoms with van der Waals surface area (Å²) >= 11 is 0. The SMILES string of the molecule is Cc1cccc([Si]CCc2ccncc2)c1C. The average molecular weight is 239 g/mol. The molecule has 0 aliphatic carbocycles. The molecule has 1 aromatic carbocycles. The predicted molar refractivity (Wildman–Crippen MR) is 74.1 cm³/mol. The maximum Gasteiger partial charge on any atom is 0.0815 e. The summed E-state index contributed by atoms with van der Waals surface area (Å²) in [5, 5.41) is 1.51. The van der Waals surface area contributed by atoms with Gasteiger partial charge in [0, 0.05) is 12.4 Å². The van der Waals surface area contributed by atoms with Crippen LogP contribution in [0.15, 0.2) is 42.7 Å². The molecule has 0 spiro atoms. The summed E-state index contributed by atoms with van der Waals surface area (Å²) < 4.78 is 0. The van der Waals surface area contributed by atoms with Crippen molar-refractivity contribution in [2.45, 2.75) is 26.3 Å². The first-order valence-electron chi connectivity index (χ1n) is 5.96. The second kappa shape index (κ2) is 5.78. The number of pyridine rings is 1. The van der Waals surface area contributed by atoms with E-state index in [2.05, 4.69) is 49.2 Å². The van der Waals surface area contributed by atoms with Gasteiger partial charge >= 0.3 is 0 Å². The van der Waals surface area contributed by atoms with Crippen LogP contribution in [0.5, 0.6) is 0 Å². The third-order valence-corrected chi connectivity index (χ3v) is 4.51. The van der Waals surface area contributed by atoms with Crippen LogP contribution in [0.1, 0.15) is 16.7 Å². The van der Waals surface area contributed by atoms with E-state index >= 15 is 0 Å². The Morgan fingerprint density at radius 2 is 1.82 bits per heavy atom. The van der Waals surface area contributed by atoms with Crippen LogP contribution in [-0.4, -0.2) is 14.5 Å². The van der Waals surface area contributed by atoms with E-state index in [9.17, 15) is 0 Å². The number of aromatic nitrogens is 1. The Hall–Kier alpha value is -1.41. The van der Waals surface area contributed by atoms with Crippen molar-refractivity contribution in [1.82, 2.24) is 4.98 Å². The van der Waals surface area contributed by atoms with Crippen LogP contribution in [-0.2, 0) is 6.42 Å². The normalized spacial score (nSPS) is 10.5. The zero-order valence-electron chi connectivity index (χ0n) is 10.4. The van der Waals surface area contributed by atoms with E-state index in [4.69, 9.17) is 0 Å². The third kappa shape index (κ3) is 3.27. The molecule has 86 valence electrons. The van der Waals surface area contributed by atoms with Crippen LogP contribution in [0, 0.1) is 13.8 Å². The summed E-state index contributed by atoms with van der Waals surface area (Å²) in [6, 6.07) is 12.0. The largest absolute Gasteiger partial charge is 0.265 e. The van der Waals surface area contributed by atoms with Crippen molar-refractivity contribution in [3.05, 3.63) is 59.4 Å². The van der Waals surface area contributed by atoms with Crippen LogP contribution in [0.2, 0.25) is 6.04 Å². The topological polar surface area (TPSA) is 12.9 Å². The molecule has 1 nitrogen and oxygen atoms in total. The monoisotopic (exact) mass is 239 g/mol. The number of aryl methyl sites for hydroxylation is 2. The number of hydrogen-bond acceptors (Lipinski definition) is 1. The molecule has 0 N–H and O–H groups in total. The van der Waals surface area contributed by atoms with Gasteiger partial charge in [-0.25, -0.2) is 0 Å². The van der Waals surface area contributed by atoms with Crippen LogP contribution >= 0.6 is 0 Å². The van der Waals surface area contributed by atoms with Gasteiger partial charge < -0.3 is 0 Å². The van der Waals surface area contributed by atoms with Crippen molar-refractivity contribution >= 4 is 14.7 Å². The molecular weight excluding hydrogens is 222 g/mol. The van der Waals surface area contributed by atoms with Gasteiger partial charge in [-0.1, -0.05) is 29.4 Å². The molecule has 0 unspecified atom stereocenters. The molecular formula is C15H17NSi. The lowest BCUT2D eigenvalue weighted by Crippen LogP contribution is -2.18. The highest BCUT2D eigenvalue weighted by Crippen LogP contribution is 2.05. The van der Waals surface area contributed by atoms with Gasteiger partial charge in [0.2, 0.25) is 0 Å². The van der Waals surface area contributed by atoms with E-state index in [1.54, 1.807) is 0 Å². The second-order valence-electron chi connectivity index (χ2n) is 4.28. The first-order chi connectivity index (χ1) is 8.27. The maximum absolute atomic E-state index is 4.04. The fraction of sp³-hybridized carbons (Fsp3) is 0.267. The van der Waals surface area contributed by atoms with Crippen molar-refractivity contribution in [2.24, 2.45) is 0 Å². The van der Waals surface area contributed by atoms with E-state index < -0.39 is 0 Å². The minimum absolute atomic E-state index is 0.905. The van der Waals surface area contributed by atoms with E-state index in [-0.39, 0.29) is 0 Å². The van der Waals surface area contributed by atoms with Gasteiger partial charge in [-0.15, -0.1) is 0 Å². The Balaban J connectivity index is 1.93. The van der Waals surface area contributed by atoms with Gasteiger partial charge in [-0.05, 0) is 49.1 Å². The molecule has 17 heavy (non-hydrogen) atoms. The molecule has 1 heterocycles. The predicted octanol–water partition coefficient (Wildman–Crippen LogP) is 2.69. The fourth-order valence-corrected chi connectivity index (χ4v) is 3.19. The third-order valence-electron chi connectivity index (χ3n) is 3.08. The van der Waals surface area contributed by atoms with Gasteiger partial charge in [0.25, 0.3) is 0 Å². The minimum Gasteiger partial charge on any atom is -0.265 e. The van der Waals surface area contributed by atoms with Crippen molar-refractivity contribution in [2.75, 3.05) is 0 Å². The van der Waals surface area contributed by atoms with Gasteiger partial charge in [-0.2, -0.15) is 0 Å². The summed E-state index contributed by atoms with van der Waals surface area (Å²) in [6.45, 7) is 4.41. The highest BCUT2D eigenvalue weighted by molar-refractivity contribution is 6.54. The van der Waals surface area contributed by atoms with Crippen LogP contribution in [0.25, 0.3) is 0 Å². The summed E-state index contributed by atoms with van der Waals surface area (Å²) in [7, 11) is 0.905. The smallest absolute Gasteiger partial charge is 0.0815 e. The Kier molecular flexibility index (Phi) is 4.10. The van der Waals surface area contributed by atoms with E-state index in [0.29, 0.717) is 0 Å². The van der Waals surface area contributed by atoms with Gasteiger partial charge in [0.1, 0.15) is 0 Å². The Morgan fingerprint density at radius 1 is 1.06 bits per heavy atom. The van der Waals surface area contributed by atoms with E-state index in [1.807, 2.05) is 12.4 Å². The summed E-state index contributed by atoms with van der Waals surface area (Å²) in [5.41, 5.74) is 4.25. The highest BCUT2D eigenvalue weighted by atomic mass is 28.2. The van der Waals surface area contributed by atoms with Crippen LogP contribution < -0.4 is 5.19 Å².